The molecule has 0 fully saturated rings. The summed E-state index contributed by atoms with van der Waals surface area (Å²) in [5.74, 6) is 0.208. The van der Waals surface area contributed by atoms with Gasteiger partial charge >= 0.3 is 0 Å². The number of ether oxygens (including phenoxy) is 1. The molecule has 0 bridgehead atoms. The lowest BCUT2D eigenvalue weighted by molar-refractivity contribution is 0.0959. The molecule has 1 aromatic carbocycles. The fourth-order valence-corrected chi connectivity index (χ4v) is 3.33. The number of carbonyl (C=O) groups is 2. The highest BCUT2D eigenvalue weighted by Crippen LogP contribution is 2.36. The Morgan fingerprint density at radius 1 is 1.09 bits per heavy atom. The van der Waals surface area contributed by atoms with Crippen molar-refractivity contribution in [1.82, 2.24) is 5.16 Å². The minimum atomic E-state index is -0.285. The average Bonchev–Trinajstić information content (AvgIpc) is 3.20. The normalized spacial score (nSPS) is 13.0. The molecule has 5 nitrogen and oxygen atoms in total. The van der Waals surface area contributed by atoms with Crippen molar-refractivity contribution < 1.29 is 18.8 Å². The van der Waals surface area contributed by atoms with Crippen molar-refractivity contribution in [2.45, 2.75) is 0 Å². The third-order valence-corrected chi connectivity index (χ3v) is 4.52. The maximum absolute atomic E-state index is 12.6. The van der Waals surface area contributed by atoms with Crippen molar-refractivity contribution >= 4 is 22.9 Å². The van der Waals surface area contributed by atoms with Gasteiger partial charge in [-0.2, -0.15) is 0 Å². The minimum Gasteiger partial charge on any atom is -0.497 e. The molecular weight excluding hydrogens is 302 g/mol. The highest BCUT2D eigenvalue weighted by atomic mass is 32.1. The summed E-state index contributed by atoms with van der Waals surface area (Å²) in [5, 5.41) is 5.66. The van der Waals surface area contributed by atoms with Crippen LogP contribution in [0.4, 0.5) is 0 Å². The monoisotopic (exact) mass is 311 g/mol. The number of ketones is 2. The van der Waals surface area contributed by atoms with E-state index in [1.165, 1.54) is 11.3 Å². The van der Waals surface area contributed by atoms with Crippen LogP contribution < -0.4 is 4.74 Å². The van der Waals surface area contributed by atoms with Crippen molar-refractivity contribution in [2.24, 2.45) is 0 Å². The summed E-state index contributed by atoms with van der Waals surface area (Å²) in [7, 11) is 1.58. The fourth-order valence-electron chi connectivity index (χ4n) is 2.50. The Kier molecular flexibility index (Phi) is 2.74. The summed E-state index contributed by atoms with van der Waals surface area (Å²) in [6.45, 7) is 0. The van der Waals surface area contributed by atoms with Gasteiger partial charge in [-0.15, -0.1) is 11.3 Å². The molecule has 3 aromatic rings. The number of hydrogen-bond donors (Lipinski definition) is 0. The molecule has 22 heavy (non-hydrogen) atoms. The molecule has 0 atom stereocenters. The number of thiophene rings is 1. The SMILES string of the molecule is COc1ccc(-c2noc3c2C(=O)c2ccsc2C3=O)cc1. The molecule has 0 N–H and O–H groups in total. The molecule has 0 unspecified atom stereocenters. The summed E-state index contributed by atoms with van der Waals surface area (Å²) in [5.41, 5.74) is 1.74. The van der Waals surface area contributed by atoms with Crippen LogP contribution in [-0.2, 0) is 0 Å². The second-order valence-electron chi connectivity index (χ2n) is 4.79. The van der Waals surface area contributed by atoms with E-state index in [0.717, 1.165) is 0 Å². The van der Waals surface area contributed by atoms with E-state index >= 15 is 0 Å². The zero-order valence-corrected chi connectivity index (χ0v) is 12.3. The van der Waals surface area contributed by atoms with Crippen LogP contribution in [0.1, 0.15) is 31.4 Å². The molecule has 4 rings (SSSR count). The second-order valence-corrected chi connectivity index (χ2v) is 5.70. The van der Waals surface area contributed by atoms with E-state index in [0.29, 0.717) is 27.4 Å². The molecule has 2 heterocycles. The smallest absolute Gasteiger partial charge is 0.242 e. The third-order valence-electron chi connectivity index (χ3n) is 3.60. The molecule has 6 heteroatoms. The van der Waals surface area contributed by atoms with Gasteiger partial charge in [0, 0.05) is 11.1 Å². The van der Waals surface area contributed by atoms with Crippen LogP contribution in [0.2, 0.25) is 0 Å². The largest absolute Gasteiger partial charge is 0.497 e. The van der Waals surface area contributed by atoms with Crippen LogP contribution in [0.25, 0.3) is 11.3 Å². The average molecular weight is 311 g/mol. The summed E-state index contributed by atoms with van der Waals surface area (Å²) in [6.07, 6.45) is 0. The zero-order valence-electron chi connectivity index (χ0n) is 11.5. The Morgan fingerprint density at radius 3 is 2.59 bits per heavy atom. The fraction of sp³-hybridized carbons (Fsp3) is 0.0625. The predicted octanol–water partition coefficient (Wildman–Crippen LogP) is 3.19. The number of methoxy groups -OCH3 is 1. The van der Waals surface area contributed by atoms with Gasteiger partial charge in [0.15, 0.2) is 0 Å². The molecule has 1 aliphatic rings. The van der Waals surface area contributed by atoms with Crippen molar-refractivity contribution in [3.05, 3.63) is 57.5 Å². The third kappa shape index (κ3) is 1.67. The second kappa shape index (κ2) is 4.64. The van der Waals surface area contributed by atoms with E-state index in [2.05, 4.69) is 5.16 Å². The first-order valence-electron chi connectivity index (χ1n) is 6.51. The van der Waals surface area contributed by atoms with E-state index in [1.54, 1.807) is 42.8 Å². The minimum absolute atomic E-state index is 0.0192. The van der Waals surface area contributed by atoms with Gasteiger partial charge in [-0.1, -0.05) is 5.16 Å². The first-order valence-corrected chi connectivity index (χ1v) is 7.39. The molecule has 108 valence electrons. The molecule has 1 aliphatic carbocycles. The Labute approximate surface area is 129 Å². The Balaban J connectivity index is 1.89. The quantitative estimate of drug-likeness (QED) is 0.568. The lowest BCUT2D eigenvalue weighted by Gasteiger charge is -2.09. The van der Waals surface area contributed by atoms with Gasteiger partial charge < -0.3 is 9.26 Å². The summed E-state index contributed by atoms with van der Waals surface area (Å²) < 4.78 is 10.3. The molecule has 0 aliphatic heterocycles. The molecule has 0 saturated heterocycles. The lowest BCUT2D eigenvalue weighted by atomic mass is 9.91. The van der Waals surface area contributed by atoms with Crippen molar-refractivity contribution in [3.8, 4) is 17.0 Å². The maximum Gasteiger partial charge on any atom is 0.242 e. The van der Waals surface area contributed by atoms with Gasteiger partial charge in [0.05, 0.1) is 12.0 Å². The van der Waals surface area contributed by atoms with Crippen molar-refractivity contribution in [2.75, 3.05) is 7.11 Å². The molecule has 0 radical (unpaired) electrons. The van der Waals surface area contributed by atoms with Crippen molar-refractivity contribution in [1.29, 1.82) is 0 Å². The number of aromatic nitrogens is 1. The lowest BCUT2D eigenvalue weighted by Crippen LogP contribution is -2.17. The molecule has 2 aromatic heterocycles. The number of benzene rings is 1. The van der Waals surface area contributed by atoms with Crippen LogP contribution in [0, 0.1) is 0 Å². The summed E-state index contributed by atoms with van der Waals surface area (Å²) in [4.78, 5) is 25.4. The Morgan fingerprint density at radius 2 is 1.86 bits per heavy atom. The summed E-state index contributed by atoms with van der Waals surface area (Å²) >= 11 is 1.24. The van der Waals surface area contributed by atoms with Crippen LogP contribution in [-0.4, -0.2) is 23.8 Å². The van der Waals surface area contributed by atoms with E-state index < -0.39 is 0 Å². The van der Waals surface area contributed by atoms with E-state index in [9.17, 15) is 9.59 Å². The van der Waals surface area contributed by atoms with Gasteiger partial charge in [0.2, 0.25) is 17.3 Å². The first kappa shape index (κ1) is 13.0. The van der Waals surface area contributed by atoms with Gasteiger partial charge in [0.1, 0.15) is 17.0 Å². The number of rotatable bonds is 2. The number of fused-ring (bicyclic) bond motifs is 2. The van der Waals surface area contributed by atoms with E-state index in [-0.39, 0.29) is 22.9 Å². The number of nitrogens with zero attached hydrogens (tertiary/aromatic N) is 1. The number of carbonyl (C=O) groups excluding carboxylic acids is 2. The molecule has 0 saturated carbocycles. The van der Waals surface area contributed by atoms with Crippen LogP contribution in [0.5, 0.6) is 5.75 Å². The predicted molar refractivity (Wildman–Crippen MR) is 79.7 cm³/mol. The van der Waals surface area contributed by atoms with Crippen LogP contribution in [0.15, 0.2) is 40.2 Å². The summed E-state index contributed by atoms with van der Waals surface area (Å²) in [6, 6.07) is 8.74. The first-order chi connectivity index (χ1) is 10.7. The maximum atomic E-state index is 12.6. The highest BCUT2D eigenvalue weighted by molar-refractivity contribution is 7.12. The van der Waals surface area contributed by atoms with Crippen molar-refractivity contribution in [3.63, 3.8) is 0 Å². The van der Waals surface area contributed by atoms with E-state index in [4.69, 9.17) is 9.26 Å². The zero-order chi connectivity index (χ0) is 15.3. The molecular formula is C16H9NO4S. The van der Waals surface area contributed by atoms with Gasteiger partial charge in [0.25, 0.3) is 0 Å². The Hall–Kier alpha value is -2.73. The van der Waals surface area contributed by atoms with Gasteiger partial charge in [-0.3, -0.25) is 9.59 Å². The standard InChI is InChI=1S/C16H9NO4S/c1-20-9-4-2-8(3-5-9)12-11-13(18)10-6-7-22-16(10)14(19)15(11)21-17-12/h2-7H,1H3. The highest BCUT2D eigenvalue weighted by Gasteiger charge is 2.37. The van der Waals surface area contributed by atoms with Crippen LogP contribution in [0.3, 0.4) is 0 Å². The molecule has 0 amide bonds. The van der Waals surface area contributed by atoms with Gasteiger partial charge in [-0.05, 0) is 35.7 Å². The van der Waals surface area contributed by atoms with E-state index in [1.807, 2.05) is 0 Å². The number of hydrogen-bond acceptors (Lipinski definition) is 6. The topological polar surface area (TPSA) is 69.4 Å². The van der Waals surface area contributed by atoms with Gasteiger partial charge in [-0.25, -0.2) is 0 Å². The van der Waals surface area contributed by atoms with Crippen LogP contribution >= 0.6 is 11.3 Å². The Bertz CT molecular complexity index is 905. The molecule has 0 spiro atoms.